The summed E-state index contributed by atoms with van der Waals surface area (Å²) in [7, 11) is -1.93. The molecule has 0 aromatic heterocycles. The fourth-order valence-electron chi connectivity index (χ4n) is 4.14. The van der Waals surface area contributed by atoms with Gasteiger partial charge in [-0.15, -0.1) is 0 Å². The molecule has 4 rings (SSSR count). The molecule has 2 aliphatic heterocycles. The molecule has 6 nitrogen and oxygen atoms in total. The lowest BCUT2D eigenvalue weighted by Gasteiger charge is -2.26. The molecule has 7 heteroatoms. The number of methoxy groups -OCH3 is 1. The third-order valence-electron chi connectivity index (χ3n) is 5.73. The van der Waals surface area contributed by atoms with Gasteiger partial charge in [0.15, 0.2) is 0 Å². The van der Waals surface area contributed by atoms with Gasteiger partial charge >= 0.3 is 0 Å². The van der Waals surface area contributed by atoms with Gasteiger partial charge in [-0.05, 0) is 62.1 Å². The van der Waals surface area contributed by atoms with E-state index in [4.69, 9.17) is 4.74 Å². The van der Waals surface area contributed by atoms with Gasteiger partial charge in [-0.2, -0.15) is 4.31 Å². The fourth-order valence-corrected chi connectivity index (χ4v) is 5.71. The van der Waals surface area contributed by atoms with Crippen molar-refractivity contribution in [2.75, 3.05) is 31.6 Å². The Morgan fingerprint density at radius 2 is 1.76 bits per heavy atom. The molecule has 0 spiro atoms. The van der Waals surface area contributed by atoms with Crippen LogP contribution in [0.2, 0.25) is 0 Å². The predicted molar refractivity (Wildman–Crippen MR) is 112 cm³/mol. The normalized spacial score (nSPS) is 17.2. The molecule has 1 fully saturated rings. The van der Waals surface area contributed by atoms with E-state index in [0.29, 0.717) is 42.3 Å². The lowest BCUT2D eigenvalue weighted by atomic mass is 10.1. The Hall–Kier alpha value is -2.38. The highest BCUT2D eigenvalue weighted by Crippen LogP contribution is 2.34. The van der Waals surface area contributed by atoms with Crippen LogP contribution in [-0.4, -0.2) is 45.4 Å². The van der Waals surface area contributed by atoms with Crippen LogP contribution in [0.3, 0.4) is 0 Å². The number of aryl methyl sites for hydroxylation is 1. The number of fused-ring (bicyclic) bond motifs is 1. The summed E-state index contributed by atoms with van der Waals surface area (Å²) in [5, 5.41) is 0. The molecule has 0 bridgehead atoms. The Morgan fingerprint density at radius 1 is 1.00 bits per heavy atom. The zero-order valence-electron chi connectivity index (χ0n) is 16.8. The number of hydrogen-bond donors (Lipinski definition) is 0. The maximum Gasteiger partial charge on any atom is 0.262 e. The zero-order valence-corrected chi connectivity index (χ0v) is 17.7. The fraction of sp³-hybridized carbons (Fsp3) is 0.409. The van der Waals surface area contributed by atoms with E-state index in [0.717, 1.165) is 36.1 Å². The van der Waals surface area contributed by atoms with E-state index in [2.05, 4.69) is 0 Å². The third-order valence-corrected chi connectivity index (χ3v) is 7.62. The minimum Gasteiger partial charge on any atom is -0.496 e. The Balaban J connectivity index is 1.64. The van der Waals surface area contributed by atoms with Crippen LogP contribution in [0.1, 0.15) is 40.7 Å². The first-order valence-corrected chi connectivity index (χ1v) is 11.5. The highest BCUT2D eigenvalue weighted by molar-refractivity contribution is 7.89. The second-order valence-electron chi connectivity index (χ2n) is 7.67. The van der Waals surface area contributed by atoms with Crippen molar-refractivity contribution in [1.29, 1.82) is 0 Å². The van der Waals surface area contributed by atoms with E-state index >= 15 is 0 Å². The number of benzene rings is 2. The van der Waals surface area contributed by atoms with Crippen molar-refractivity contribution in [2.45, 2.75) is 37.5 Å². The molecule has 0 radical (unpaired) electrons. The van der Waals surface area contributed by atoms with Crippen LogP contribution >= 0.6 is 0 Å². The standard InChI is InChI=1S/C22H26N2O4S/c1-16-6-9-21(28-2)19(14-16)22(25)24-13-10-17-15-18(7-8-20(17)24)29(26,27)23-11-4-3-5-12-23/h6-9,14-15H,3-5,10-13H2,1-2H3. The first-order valence-electron chi connectivity index (χ1n) is 10.0. The lowest BCUT2D eigenvalue weighted by molar-refractivity contribution is 0.0986. The highest BCUT2D eigenvalue weighted by Gasteiger charge is 2.31. The van der Waals surface area contributed by atoms with Gasteiger partial charge in [-0.25, -0.2) is 8.42 Å². The van der Waals surface area contributed by atoms with E-state index < -0.39 is 10.0 Å². The molecule has 0 saturated carbocycles. The van der Waals surface area contributed by atoms with Crippen LogP contribution in [0.25, 0.3) is 0 Å². The van der Waals surface area contributed by atoms with Crippen molar-refractivity contribution in [3.05, 3.63) is 53.1 Å². The molecule has 1 saturated heterocycles. The van der Waals surface area contributed by atoms with Crippen molar-refractivity contribution < 1.29 is 17.9 Å². The SMILES string of the molecule is COc1ccc(C)cc1C(=O)N1CCc2cc(S(=O)(=O)N3CCCCC3)ccc21. The second-order valence-corrected chi connectivity index (χ2v) is 9.60. The molecule has 0 N–H and O–H groups in total. The molecule has 2 heterocycles. The summed E-state index contributed by atoms with van der Waals surface area (Å²) in [6.45, 7) is 3.62. The highest BCUT2D eigenvalue weighted by atomic mass is 32.2. The number of anilines is 1. The molecule has 29 heavy (non-hydrogen) atoms. The van der Waals surface area contributed by atoms with Crippen LogP contribution in [-0.2, 0) is 16.4 Å². The Labute approximate surface area is 172 Å². The quantitative estimate of drug-likeness (QED) is 0.769. The molecule has 2 aliphatic rings. The molecular weight excluding hydrogens is 388 g/mol. The maximum atomic E-state index is 13.2. The summed E-state index contributed by atoms with van der Waals surface area (Å²) < 4.78 is 32.9. The number of carbonyl (C=O) groups excluding carboxylic acids is 1. The average molecular weight is 415 g/mol. The van der Waals surface area contributed by atoms with E-state index in [9.17, 15) is 13.2 Å². The van der Waals surface area contributed by atoms with Crippen LogP contribution in [0, 0.1) is 6.92 Å². The van der Waals surface area contributed by atoms with Gasteiger partial charge in [-0.3, -0.25) is 4.79 Å². The summed E-state index contributed by atoms with van der Waals surface area (Å²) in [5.41, 5.74) is 3.17. The van der Waals surface area contributed by atoms with Crippen molar-refractivity contribution in [3.8, 4) is 5.75 Å². The molecule has 1 amide bonds. The minimum atomic E-state index is -3.48. The van der Waals surface area contributed by atoms with E-state index in [1.54, 1.807) is 40.6 Å². The molecular formula is C22H26N2O4S. The third kappa shape index (κ3) is 3.65. The van der Waals surface area contributed by atoms with Gasteiger partial charge in [0.25, 0.3) is 5.91 Å². The smallest absolute Gasteiger partial charge is 0.262 e. The van der Waals surface area contributed by atoms with E-state index in [1.165, 1.54) is 0 Å². The van der Waals surface area contributed by atoms with Crippen LogP contribution in [0.5, 0.6) is 5.75 Å². The number of hydrogen-bond acceptors (Lipinski definition) is 4. The van der Waals surface area contributed by atoms with Gasteiger partial charge in [0, 0.05) is 25.3 Å². The van der Waals surface area contributed by atoms with Crippen LogP contribution in [0.15, 0.2) is 41.3 Å². The number of nitrogens with zero attached hydrogens (tertiary/aromatic N) is 2. The first kappa shape index (κ1) is 19.9. The van der Waals surface area contributed by atoms with Gasteiger partial charge in [-0.1, -0.05) is 18.1 Å². The Bertz CT molecular complexity index is 1040. The molecule has 0 unspecified atom stereocenters. The van der Waals surface area contributed by atoms with E-state index in [-0.39, 0.29) is 5.91 Å². The molecule has 2 aromatic rings. The number of sulfonamides is 1. The van der Waals surface area contributed by atoms with E-state index in [1.807, 2.05) is 19.1 Å². The van der Waals surface area contributed by atoms with Crippen molar-refractivity contribution >= 4 is 21.6 Å². The first-order chi connectivity index (χ1) is 13.9. The monoisotopic (exact) mass is 414 g/mol. The Kier molecular flexibility index (Phi) is 5.36. The lowest BCUT2D eigenvalue weighted by Crippen LogP contribution is -2.35. The number of rotatable bonds is 4. The summed E-state index contributed by atoms with van der Waals surface area (Å²) in [5.74, 6) is 0.411. The number of carbonyl (C=O) groups is 1. The second kappa shape index (κ2) is 7.80. The van der Waals surface area contributed by atoms with Gasteiger partial charge in [0.2, 0.25) is 10.0 Å². The number of piperidine rings is 1. The molecule has 0 atom stereocenters. The van der Waals surface area contributed by atoms with Crippen molar-refractivity contribution in [1.82, 2.24) is 4.31 Å². The largest absolute Gasteiger partial charge is 0.496 e. The van der Waals surface area contributed by atoms with Gasteiger partial charge < -0.3 is 9.64 Å². The molecule has 154 valence electrons. The number of amides is 1. The maximum absolute atomic E-state index is 13.2. The summed E-state index contributed by atoms with van der Waals surface area (Å²) in [6, 6.07) is 10.7. The zero-order chi connectivity index (χ0) is 20.6. The molecule has 0 aliphatic carbocycles. The minimum absolute atomic E-state index is 0.129. The Morgan fingerprint density at radius 3 is 2.48 bits per heavy atom. The topological polar surface area (TPSA) is 66.9 Å². The number of ether oxygens (including phenoxy) is 1. The summed E-state index contributed by atoms with van der Waals surface area (Å²) in [6.07, 6.45) is 3.53. The average Bonchev–Trinajstić information content (AvgIpc) is 3.17. The molecule has 2 aromatic carbocycles. The van der Waals surface area contributed by atoms with Gasteiger partial charge in [0.05, 0.1) is 17.6 Å². The van der Waals surface area contributed by atoms with Gasteiger partial charge in [0.1, 0.15) is 5.75 Å². The predicted octanol–water partition coefficient (Wildman–Crippen LogP) is 3.38. The van der Waals surface area contributed by atoms with Crippen LogP contribution < -0.4 is 9.64 Å². The summed E-state index contributed by atoms with van der Waals surface area (Å²) >= 11 is 0. The van der Waals surface area contributed by atoms with Crippen molar-refractivity contribution in [3.63, 3.8) is 0 Å². The summed E-state index contributed by atoms with van der Waals surface area (Å²) in [4.78, 5) is 15.2. The van der Waals surface area contributed by atoms with Crippen LogP contribution in [0.4, 0.5) is 5.69 Å². The van der Waals surface area contributed by atoms with Crippen molar-refractivity contribution in [2.24, 2.45) is 0 Å².